The quantitative estimate of drug-likeness (QED) is 0.608. The summed E-state index contributed by atoms with van der Waals surface area (Å²) in [6, 6.07) is 10.0. The van der Waals surface area contributed by atoms with Gasteiger partial charge in [-0.25, -0.2) is 0 Å². The van der Waals surface area contributed by atoms with Crippen LogP contribution in [-0.2, 0) is 22.6 Å². The minimum absolute atomic E-state index is 0.0726. The van der Waals surface area contributed by atoms with Crippen molar-refractivity contribution in [1.82, 2.24) is 20.1 Å². The number of benzene rings is 1. The van der Waals surface area contributed by atoms with E-state index in [1.165, 1.54) is 16.9 Å². The third kappa shape index (κ3) is 4.76. The van der Waals surface area contributed by atoms with Gasteiger partial charge in [-0.15, -0.1) is 10.2 Å². The normalized spacial score (nSPS) is 19.7. The van der Waals surface area contributed by atoms with E-state index in [2.05, 4.69) is 26.6 Å². The average molecular weight is 414 g/mol. The number of rotatable bonds is 7. The molecule has 152 valence electrons. The molecular formula is C20H23N5O3S. The third-order valence-corrected chi connectivity index (χ3v) is 5.86. The van der Waals surface area contributed by atoms with Crippen molar-refractivity contribution in [2.45, 2.75) is 19.1 Å². The largest absolute Gasteiger partial charge is 0.391 e. The summed E-state index contributed by atoms with van der Waals surface area (Å²) < 4.78 is 5.01. The second kappa shape index (κ2) is 8.91. The van der Waals surface area contributed by atoms with Crippen LogP contribution < -0.4 is 5.32 Å². The van der Waals surface area contributed by atoms with E-state index < -0.39 is 6.10 Å². The second-order valence-electron chi connectivity index (χ2n) is 7.20. The minimum atomic E-state index is -0.468. The maximum atomic E-state index is 12.3. The molecule has 2 atom stereocenters. The molecule has 1 amide bonds. The molecule has 0 spiro atoms. The number of nitrogens with zero attached hydrogens (tertiary/aromatic N) is 4. The Morgan fingerprint density at radius 2 is 2.17 bits per heavy atom. The van der Waals surface area contributed by atoms with Gasteiger partial charge in [-0.3, -0.25) is 20.0 Å². The second-order valence-corrected chi connectivity index (χ2v) is 8.26. The first kappa shape index (κ1) is 19.8. The molecule has 0 unspecified atom stereocenters. The number of pyridine rings is 1. The van der Waals surface area contributed by atoms with Crippen LogP contribution in [0.25, 0.3) is 10.9 Å². The van der Waals surface area contributed by atoms with Crippen LogP contribution in [0.4, 0.5) is 5.13 Å². The Balaban J connectivity index is 1.35. The summed E-state index contributed by atoms with van der Waals surface area (Å²) in [4.78, 5) is 18.7. The summed E-state index contributed by atoms with van der Waals surface area (Å²) in [7, 11) is 1.59. The van der Waals surface area contributed by atoms with Gasteiger partial charge in [0.2, 0.25) is 11.0 Å². The molecule has 0 aliphatic carbocycles. The molecule has 2 aromatic heterocycles. The van der Waals surface area contributed by atoms with Crippen LogP contribution in [0.2, 0.25) is 0 Å². The van der Waals surface area contributed by atoms with Crippen LogP contribution in [0.3, 0.4) is 0 Å². The topological polar surface area (TPSA) is 100 Å². The Kier molecular flexibility index (Phi) is 6.10. The standard InChI is InChI=1S/C20H23N5O3S/c1-28-12-19-23-24-20(29-19)22-18(27)11-25-9-14(17(26)10-25)8-13-6-7-21-16-5-3-2-4-15(13)16/h2-7,14,17,26H,8-12H2,1H3,(H,22,24,27)/t14-,17-/m1/s1. The number of carbonyl (C=O) groups excluding carboxylic acids is 1. The molecule has 1 aliphatic rings. The van der Waals surface area contributed by atoms with Crippen molar-refractivity contribution in [3.05, 3.63) is 47.1 Å². The lowest BCUT2D eigenvalue weighted by atomic mass is 9.94. The van der Waals surface area contributed by atoms with Gasteiger partial charge in [0.05, 0.1) is 18.2 Å². The number of hydrogen-bond acceptors (Lipinski definition) is 8. The number of ether oxygens (including phenoxy) is 1. The van der Waals surface area contributed by atoms with Crippen molar-refractivity contribution in [3.63, 3.8) is 0 Å². The highest BCUT2D eigenvalue weighted by atomic mass is 32.1. The van der Waals surface area contributed by atoms with Crippen LogP contribution in [0.15, 0.2) is 36.5 Å². The van der Waals surface area contributed by atoms with Gasteiger partial charge in [-0.2, -0.15) is 0 Å². The van der Waals surface area contributed by atoms with Gasteiger partial charge in [0, 0.05) is 37.7 Å². The molecule has 3 heterocycles. The minimum Gasteiger partial charge on any atom is -0.391 e. The van der Waals surface area contributed by atoms with E-state index in [1.807, 2.05) is 35.4 Å². The fourth-order valence-electron chi connectivity index (χ4n) is 3.73. The van der Waals surface area contributed by atoms with E-state index >= 15 is 0 Å². The summed E-state index contributed by atoms with van der Waals surface area (Å²) in [5.41, 5.74) is 2.13. The average Bonchev–Trinajstić information content (AvgIpc) is 3.28. The molecule has 8 nitrogen and oxygen atoms in total. The van der Waals surface area contributed by atoms with Crippen LogP contribution in [-0.4, -0.2) is 63.9 Å². The number of aliphatic hydroxyl groups is 1. The van der Waals surface area contributed by atoms with Crippen molar-refractivity contribution in [1.29, 1.82) is 0 Å². The maximum Gasteiger partial charge on any atom is 0.240 e. The molecule has 1 aromatic carbocycles. The first-order valence-corrected chi connectivity index (χ1v) is 10.3. The summed E-state index contributed by atoms with van der Waals surface area (Å²) in [5, 5.41) is 23.5. The number of β-amino-alcohol motifs (C(OH)–C–C–N with tert-alkyl or cyclic N) is 1. The number of nitrogens with one attached hydrogen (secondary N) is 1. The zero-order valence-corrected chi connectivity index (χ0v) is 16.9. The highest BCUT2D eigenvalue weighted by Gasteiger charge is 2.32. The van der Waals surface area contributed by atoms with E-state index in [0.29, 0.717) is 29.8 Å². The summed E-state index contributed by atoms with van der Waals surface area (Å²) in [6.45, 7) is 1.73. The smallest absolute Gasteiger partial charge is 0.240 e. The molecule has 3 aromatic rings. The molecule has 2 N–H and O–H groups in total. The van der Waals surface area contributed by atoms with Crippen LogP contribution in [0.5, 0.6) is 0 Å². The fraction of sp³-hybridized carbons (Fsp3) is 0.400. The number of methoxy groups -OCH3 is 1. The molecule has 4 rings (SSSR count). The van der Waals surface area contributed by atoms with Crippen molar-refractivity contribution in [2.24, 2.45) is 5.92 Å². The lowest BCUT2D eigenvalue weighted by Crippen LogP contribution is -2.32. The van der Waals surface area contributed by atoms with Gasteiger partial charge >= 0.3 is 0 Å². The van der Waals surface area contributed by atoms with Gasteiger partial charge in [-0.05, 0) is 24.1 Å². The number of likely N-dealkylation sites (tertiary alicyclic amines) is 1. The lowest BCUT2D eigenvalue weighted by molar-refractivity contribution is -0.117. The highest BCUT2D eigenvalue weighted by Crippen LogP contribution is 2.25. The summed E-state index contributed by atoms with van der Waals surface area (Å²) >= 11 is 1.29. The number of amides is 1. The van der Waals surface area contributed by atoms with Crippen molar-refractivity contribution in [2.75, 3.05) is 32.1 Å². The number of hydrogen-bond donors (Lipinski definition) is 2. The monoisotopic (exact) mass is 413 g/mol. The number of aliphatic hydroxyl groups excluding tert-OH is 1. The first-order valence-electron chi connectivity index (χ1n) is 9.46. The number of aromatic nitrogens is 3. The Hall–Kier alpha value is -2.46. The predicted molar refractivity (Wildman–Crippen MR) is 111 cm³/mol. The number of anilines is 1. The molecule has 1 aliphatic heterocycles. The van der Waals surface area contributed by atoms with Gasteiger partial charge in [0.15, 0.2) is 0 Å². The molecule has 0 saturated carbocycles. The molecule has 0 bridgehead atoms. The number of fused-ring (bicyclic) bond motifs is 1. The van der Waals surface area contributed by atoms with Gasteiger partial charge < -0.3 is 9.84 Å². The van der Waals surface area contributed by atoms with Crippen molar-refractivity contribution >= 4 is 33.3 Å². The van der Waals surface area contributed by atoms with E-state index in [-0.39, 0.29) is 18.4 Å². The molecule has 29 heavy (non-hydrogen) atoms. The van der Waals surface area contributed by atoms with E-state index in [4.69, 9.17) is 4.74 Å². The molecular weight excluding hydrogens is 390 g/mol. The van der Waals surface area contributed by atoms with Crippen molar-refractivity contribution in [3.8, 4) is 0 Å². The van der Waals surface area contributed by atoms with Crippen LogP contribution in [0.1, 0.15) is 10.6 Å². The molecule has 9 heteroatoms. The Morgan fingerprint density at radius 1 is 1.31 bits per heavy atom. The molecule has 0 radical (unpaired) electrons. The Morgan fingerprint density at radius 3 is 3.03 bits per heavy atom. The van der Waals surface area contributed by atoms with Crippen LogP contribution >= 0.6 is 11.3 Å². The van der Waals surface area contributed by atoms with Gasteiger partial charge in [-0.1, -0.05) is 29.5 Å². The maximum absolute atomic E-state index is 12.3. The first-order chi connectivity index (χ1) is 14.1. The van der Waals surface area contributed by atoms with E-state index in [9.17, 15) is 9.90 Å². The Labute approximate surface area is 172 Å². The molecule has 1 saturated heterocycles. The van der Waals surface area contributed by atoms with Gasteiger partial charge in [0.1, 0.15) is 11.6 Å². The Bertz CT molecular complexity index is 990. The lowest BCUT2D eigenvalue weighted by Gasteiger charge is -2.15. The summed E-state index contributed by atoms with van der Waals surface area (Å²) in [5.74, 6) is -0.0873. The zero-order chi connectivity index (χ0) is 20.2. The predicted octanol–water partition coefficient (Wildman–Crippen LogP) is 1.71. The van der Waals surface area contributed by atoms with E-state index in [1.54, 1.807) is 7.11 Å². The highest BCUT2D eigenvalue weighted by molar-refractivity contribution is 7.15. The van der Waals surface area contributed by atoms with E-state index in [0.717, 1.165) is 17.3 Å². The number of carbonyl (C=O) groups is 1. The molecule has 1 fully saturated rings. The SMILES string of the molecule is COCc1nnc(NC(=O)CN2C[C@@H](Cc3ccnc4ccccc34)[C@H](O)C2)s1. The number of para-hydroxylation sites is 1. The van der Waals surface area contributed by atoms with Gasteiger partial charge in [0.25, 0.3) is 0 Å². The zero-order valence-electron chi connectivity index (χ0n) is 16.1. The van der Waals surface area contributed by atoms with Crippen LogP contribution in [0, 0.1) is 5.92 Å². The third-order valence-electron chi connectivity index (χ3n) is 5.05. The summed E-state index contributed by atoms with van der Waals surface area (Å²) in [6.07, 6.45) is 2.09. The van der Waals surface area contributed by atoms with Crippen molar-refractivity contribution < 1.29 is 14.6 Å². The fourth-order valence-corrected chi connectivity index (χ4v) is 4.46.